The number of ether oxygens (including phenoxy) is 2. The lowest BCUT2D eigenvalue weighted by Crippen LogP contribution is -2.64. The molecular weight excluding hydrogens is 456 g/mol. The van der Waals surface area contributed by atoms with Crippen LogP contribution in [0.4, 0.5) is 0 Å². The van der Waals surface area contributed by atoms with Crippen LogP contribution in [0.2, 0.25) is 0 Å². The lowest BCUT2D eigenvalue weighted by molar-refractivity contribution is -0.309. The van der Waals surface area contributed by atoms with Crippen LogP contribution in [0.5, 0.6) is 0 Å². The SMILES string of the molecule is C=C[C@@]1(C)CC[C@@H]2C(=CC[C@@H]3[C@]2(C)C[C@H](O)[C@H](O)[C@@]3(C)CO[C@H]2O[C@@H](C(=O)O)[C@@H](O)[C@@H](O)[C@H]2O)C1. The van der Waals surface area contributed by atoms with Gasteiger partial charge in [0.25, 0.3) is 0 Å². The van der Waals surface area contributed by atoms with Crippen molar-refractivity contribution in [3.63, 3.8) is 0 Å². The molecule has 6 N–H and O–H groups in total. The van der Waals surface area contributed by atoms with E-state index in [9.17, 15) is 35.4 Å². The van der Waals surface area contributed by atoms with Crippen molar-refractivity contribution < 1.29 is 44.9 Å². The van der Waals surface area contributed by atoms with Gasteiger partial charge in [-0.25, -0.2) is 4.79 Å². The summed E-state index contributed by atoms with van der Waals surface area (Å²) in [5, 5.41) is 61.8. The first kappa shape index (κ1) is 26.7. The number of hydrogen-bond donors (Lipinski definition) is 6. The maximum absolute atomic E-state index is 11.4. The number of aliphatic carboxylic acids is 1. The van der Waals surface area contributed by atoms with Crippen LogP contribution in [0.3, 0.4) is 0 Å². The number of carboxylic acid groups (broad SMARTS) is 1. The molecule has 0 aromatic heterocycles. The van der Waals surface area contributed by atoms with Crippen LogP contribution in [0.1, 0.15) is 52.9 Å². The Bertz CT molecular complexity index is 875. The van der Waals surface area contributed by atoms with Gasteiger partial charge in [-0.15, -0.1) is 6.58 Å². The number of carboxylic acids is 1. The van der Waals surface area contributed by atoms with E-state index >= 15 is 0 Å². The summed E-state index contributed by atoms with van der Waals surface area (Å²) >= 11 is 0. The monoisotopic (exact) mass is 496 g/mol. The number of rotatable bonds is 5. The molecule has 35 heavy (non-hydrogen) atoms. The van der Waals surface area contributed by atoms with Crippen molar-refractivity contribution >= 4 is 5.97 Å². The highest BCUT2D eigenvalue weighted by molar-refractivity contribution is 5.73. The third kappa shape index (κ3) is 4.29. The van der Waals surface area contributed by atoms with Gasteiger partial charge < -0.3 is 40.1 Å². The molecule has 4 rings (SSSR count). The first-order chi connectivity index (χ1) is 16.3. The highest BCUT2D eigenvalue weighted by atomic mass is 16.7. The summed E-state index contributed by atoms with van der Waals surface area (Å²) in [6, 6.07) is 0. The van der Waals surface area contributed by atoms with Crippen molar-refractivity contribution in [3.8, 4) is 0 Å². The number of carbonyl (C=O) groups is 1. The minimum absolute atomic E-state index is 0.0469. The van der Waals surface area contributed by atoms with Crippen LogP contribution in [0.25, 0.3) is 0 Å². The van der Waals surface area contributed by atoms with E-state index in [4.69, 9.17) is 9.47 Å². The maximum atomic E-state index is 11.4. The molecule has 198 valence electrons. The summed E-state index contributed by atoms with van der Waals surface area (Å²) < 4.78 is 11.1. The second-order valence-corrected chi connectivity index (χ2v) is 12.0. The van der Waals surface area contributed by atoms with Crippen molar-refractivity contribution in [1.82, 2.24) is 0 Å². The van der Waals surface area contributed by atoms with Gasteiger partial charge in [0.15, 0.2) is 12.4 Å². The number of fused-ring (bicyclic) bond motifs is 3. The molecule has 1 heterocycles. The molecule has 0 spiro atoms. The van der Waals surface area contributed by atoms with E-state index in [1.54, 1.807) is 0 Å². The molecule has 3 fully saturated rings. The molecule has 0 unspecified atom stereocenters. The Morgan fingerprint density at radius 2 is 1.86 bits per heavy atom. The van der Waals surface area contributed by atoms with Gasteiger partial charge in [-0.1, -0.05) is 38.5 Å². The number of allylic oxidation sites excluding steroid dienone is 3. The quantitative estimate of drug-likeness (QED) is 0.305. The second-order valence-electron chi connectivity index (χ2n) is 12.0. The fourth-order valence-electron chi connectivity index (χ4n) is 7.41. The minimum Gasteiger partial charge on any atom is -0.479 e. The molecule has 0 aromatic carbocycles. The van der Waals surface area contributed by atoms with Gasteiger partial charge >= 0.3 is 5.97 Å². The van der Waals surface area contributed by atoms with Gasteiger partial charge in [0.2, 0.25) is 0 Å². The third-order valence-electron chi connectivity index (χ3n) is 9.62. The highest BCUT2D eigenvalue weighted by Crippen LogP contribution is 2.63. The van der Waals surface area contributed by atoms with Crippen molar-refractivity contribution in [3.05, 3.63) is 24.3 Å². The number of hydrogen-bond acceptors (Lipinski definition) is 8. The van der Waals surface area contributed by atoms with Gasteiger partial charge in [0.1, 0.15) is 18.3 Å². The van der Waals surface area contributed by atoms with Gasteiger partial charge in [-0.05, 0) is 54.8 Å². The molecule has 3 aliphatic carbocycles. The molecular formula is C26H40O9. The molecule has 0 amide bonds. The molecule has 9 heteroatoms. The highest BCUT2D eigenvalue weighted by Gasteiger charge is 2.61. The van der Waals surface area contributed by atoms with Gasteiger partial charge in [-0.2, -0.15) is 0 Å². The second kappa shape index (κ2) is 9.20. The van der Waals surface area contributed by atoms with Gasteiger partial charge in [0, 0.05) is 5.41 Å². The molecule has 9 nitrogen and oxygen atoms in total. The Morgan fingerprint density at radius 1 is 1.17 bits per heavy atom. The standard InChI is InChI=1S/C26H40O9/c1-5-24(2)9-8-14-13(10-24)6-7-16-25(14,3)11-15(27)21(31)26(16,4)12-34-23-19(30)17(28)18(29)20(35-23)22(32)33/h5-6,14-21,23,27-31H,1,7-12H2,2-4H3,(H,32,33)/t14-,15+,16-,17-,18+,19-,20-,21+,23+,24+,25-,26+/m1/s1. The largest absolute Gasteiger partial charge is 0.479 e. The average molecular weight is 497 g/mol. The Labute approximate surface area is 206 Å². The summed E-state index contributed by atoms with van der Waals surface area (Å²) in [5.41, 5.74) is 0.188. The Kier molecular flexibility index (Phi) is 7.03. The average Bonchev–Trinajstić information content (AvgIpc) is 2.80. The fraction of sp³-hybridized carbons (Fsp3) is 0.808. The normalized spacial score (nSPS) is 52.1. The fourth-order valence-corrected chi connectivity index (χ4v) is 7.41. The zero-order chi connectivity index (χ0) is 25.9. The van der Waals surface area contributed by atoms with Crippen LogP contribution < -0.4 is 0 Å². The molecule has 1 aliphatic heterocycles. The molecule has 0 bridgehead atoms. The zero-order valence-electron chi connectivity index (χ0n) is 20.7. The Balaban J connectivity index is 1.59. The molecule has 2 saturated carbocycles. The first-order valence-corrected chi connectivity index (χ1v) is 12.5. The zero-order valence-corrected chi connectivity index (χ0v) is 20.7. The van der Waals surface area contributed by atoms with E-state index in [1.807, 2.05) is 13.0 Å². The van der Waals surface area contributed by atoms with Crippen LogP contribution in [0, 0.1) is 28.1 Å². The van der Waals surface area contributed by atoms with Crippen molar-refractivity contribution in [1.29, 1.82) is 0 Å². The third-order valence-corrected chi connectivity index (χ3v) is 9.62. The summed E-state index contributed by atoms with van der Waals surface area (Å²) in [4.78, 5) is 11.4. The number of aliphatic hydroxyl groups is 5. The maximum Gasteiger partial charge on any atom is 0.335 e. The van der Waals surface area contributed by atoms with Gasteiger partial charge in [0.05, 0.1) is 18.8 Å². The lowest BCUT2D eigenvalue weighted by atomic mass is 9.44. The summed E-state index contributed by atoms with van der Waals surface area (Å²) in [6.45, 7) is 10.1. The van der Waals surface area contributed by atoms with Crippen molar-refractivity contribution in [2.45, 2.75) is 95.8 Å². The molecule has 12 atom stereocenters. The summed E-state index contributed by atoms with van der Waals surface area (Å²) in [7, 11) is 0. The Morgan fingerprint density at radius 3 is 2.49 bits per heavy atom. The van der Waals surface area contributed by atoms with E-state index in [0.717, 1.165) is 19.3 Å². The predicted octanol–water partition coefficient (Wildman–Crippen LogP) is 0.972. The van der Waals surface area contributed by atoms with Crippen molar-refractivity contribution in [2.75, 3.05) is 6.61 Å². The Hall–Kier alpha value is -1.33. The molecule has 1 saturated heterocycles. The van der Waals surface area contributed by atoms with E-state index in [-0.39, 0.29) is 29.3 Å². The summed E-state index contributed by atoms with van der Waals surface area (Å²) in [6.07, 6.45) is -2.31. The van der Waals surface area contributed by atoms with Crippen LogP contribution >= 0.6 is 0 Å². The predicted molar refractivity (Wildman–Crippen MR) is 125 cm³/mol. The minimum atomic E-state index is -1.81. The molecule has 0 aromatic rings. The van der Waals surface area contributed by atoms with Crippen molar-refractivity contribution in [2.24, 2.45) is 28.1 Å². The van der Waals surface area contributed by atoms with E-state index in [0.29, 0.717) is 12.8 Å². The topological polar surface area (TPSA) is 157 Å². The van der Waals surface area contributed by atoms with E-state index in [1.165, 1.54) is 5.57 Å². The summed E-state index contributed by atoms with van der Waals surface area (Å²) in [5.74, 6) is -1.29. The first-order valence-electron chi connectivity index (χ1n) is 12.5. The molecule has 4 aliphatic rings. The molecule has 0 radical (unpaired) electrons. The lowest BCUT2D eigenvalue weighted by Gasteiger charge is -2.62. The number of aliphatic hydroxyl groups excluding tert-OH is 5. The van der Waals surface area contributed by atoms with E-state index in [2.05, 4.69) is 26.5 Å². The van der Waals surface area contributed by atoms with E-state index < -0.39 is 54.3 Å². The van der Waals surface area contributed by atoms with Crippen LogP contribution in [-0.2, 0) is 14.3 Å². The van der Waals surface area contributed by atoms with Crippen LogP contribution in [0.15, 0.2) is 24.3 Å². The van der Waals surface area contributed by atoms with Gasteiger partial charge in [-0.3, -0.25) is 0 Å². The smallest absolute Gasteiger partial charge is 0.335 e. The van der Waals surface area contributed by atoms with Crippen LogP contribution in [-0.4, -0.2) is 86.1 Å².